The molecule has 24 heavy (non-hydrogen) atoms. The van der Waals surface area contributed by atoms with E-state index < -0.39 is 28.9 Å². The number of halogens is 3. The number of amides is 1. The van der Waals surface area contributed by atoms with Crippen LogP contribution >= 0.6 is 0 Å². The third-order valence-corrected chi connectivity index (χ3v) is 3.97. The van der Waals surface area contributed by atoms with E-state index in [9.17, 15) is 22.8 Å². The predicted molar refractivity (Wildman–Crippen MR) is 81.5 cm³/mol. The number of hydrogen-bond donors (Lipinski definition) is 1. The van der Waals surface area contributed by atoms with Crippen molar-refractivity contribution in [1.29, 1.82) is 0 Å². The Bertz CT molecular complexity index is 809. The molecule has 0 atom stereocenters. The molecule has 0 spiro atoms. The summed E-state index contributed by atoms with van der Waals surface area (Å²) in [6.45, 7) is 1.55. The Morgan fingerprint density at radius 1 is 0.958 bits per heavy atom. The van der Waals surface area contributed by atoms with E-state index in [0.29, 0.717) is 26.2 Å². The average molecular weight is 337 g/mol. The topological polar surface area (TPSA) is 56.4 Å². The second-order valence-corrected chi connectivity index (χ2v) is 5.41. The fraction of sp³-hybridized carbons (Fsp3) is 0.250. The van der Waals surface area contributed by atoms with E-state index in [1.807, 2.05) is 4.90 Å². The minimum Gasteiger partial charge on any atom is -0.367 e. The number of nitrogens with one attached hydrogen (secondary N) is 1. The van der Waals surface area contributed by atoms with E-state index in [-0.39, 0.29) is 5.56 Å². The van der Waals surface area contributed by atoms with Gasteiger partial charge in [-0.15, -0.1) is 0 Å². The van der Waals surface area contributed by atoms with E-state index in [1.165, 1.54) is 11.0 Å². The van der Waals surface area contributed by atoms with Gasteiger partial charge in [-0.3, -0.25) is 9.59 Å². The molecule has 3 rings (SSSR count). The third kappa shape index (κ3) is 2.99. The van der Waals surface area contributed by atoms with Gasteiger partial charge in [-0.05, 0) is 18.2 Å². The lowest BCUT2D eigenvalue weighted by atomic mass is 10.1. The van der Waals surface area contributed by atoms with Crippen molar-refractivity contribution in [3.05, 3.63) is 63.8 Å². The van der Waals surface area contributed by atoms with Crippen molar-refractivity contribution >= 4 is 11.6 Å². The number of hydrogen-bond acceptors (Lipinski definition) is 3. The number of pyridine rings is 1. The first kappa shape index (κ1) is 16.1. The molecule has 0 unspecified atom stereocenters. The maximum Gasteiger partial charge on any atom is 0.257 e. The largest absolute Gasteiger partial charge is 0.367 e. The molecule has 1 saturated heterocycles. The molecule has 0 saturated carbocycles. The molecule has 2 aromatic rings. The molecule has 1 N–H and O–H groups in total. The number of aromatic nitrogens is 1. The average Bonchev–Trinajstić information content (AvgIpc) is 2.60. The monoisotopic (exact) mass is 337 g/mol. The summed E-state index contributed by atoms with van der Waals surface area (Å²) in [5.41, 5.74) is 0.119. The van der Waals surface area contributed by atoms with Crippen molar-refractivity contribution in [2.45, 2.75) is 0 Å². The Morgan fingerprint density at radius 3 is 2.29 bits per heavy atom. The number of carbonyl (C=O) groups is 1. The van der Waals surface area contributed by atoms with Crippen molar-refractivity contribution in [2.75, 3.05) is 31.1 Å². The van der Waals surface area contributed by atoms with Gasteiger partial charge in [-0.25, -0.2) is 13.2 Å². The standard InChI is InChI=1S/C16H14F3N3O2/c17-12-3-2-11(14(18)15(12)19)16(24)22-7-5-21(6-8-22)10-1-4-13(23)20-9-10/h1-4,9H,5-8H2,(H,20,23). The summed E-state index contributed by atoms with van der Waals surface area (Å²) in [6, 6.07) is 4.77. The summed E-state index contributed by atoms with van der Waals surface area (Å²) in [7, 11) is 0. The van der Waals surface area contributed by atoms with Crippen LogP contribution in [0.15, 0.2) is 35.3 Å². The van der Waals surface area contributed by atoms with Crippen LogP contribution in [-0.2, 0) is 0 Å². The summed E-state index contributed by atoms with van der Waals surface area (Å²) in [6.07, 6.45) is 1.58. The van der Waals surface area contributed by atoms with Crippen molar-refractivity contribution in [2.24, 2.45) is 0 Å². The highest BCUT2D eigenvalue weighted by Gasteiger charge is 2.26. The lowest BCUT2D eigenvalue weighted by molar-refractivity contribution is 0.0740. The molecule has 1 amide bonds. The van der Waals surface area contributed by atoms with Crippen molar-refractivity contribution in [3.63, 3.8) is 0 Å². The number of nitrogens with zero attached hydrogens (tertiary/aromatic N) is 2. The molecule has 2 heterocycles. The van der Waals surface area contributed by atoms with Gasteiger partial charge in [0, 0.05) is 38.4 Å². The highest BCUT2D eigenvalue weighted by atomic mass is 19.2. The summed E-state index contributed by atoms with van der Waals surface area (Å²) in [4.78, 5) is 29.3. The number of anilines is 1. The van der Waals surface area contributed by atoms with Gasteiger partial charge in [0.25, 0.3) is 5.91 Å². The van der Waals surface area contributed by atoms with Gasteiger partial charge in [0.1, 0.15) is 0 Å². The van der Waals surface area contributed by atoms with Crippen LogP contribution in [0.3, 0.4) is 0 Å². The Kier molecular flexibility index (Phi) is 4.28. The van der Waals surface area contributed by atoms with Crippen LogP contribution in [0.2, 0.25) is 0 Å². The number of aromatic amines is 1. The van der Waals surface area contributed by atoms with E-state index >= 15 is 0 Å². The number of carbonyl (C=O) groups excluding carboxylic acids is 1. The molecule has 126 valence electrons. The van der Waals surface area contributed by atoms with Crippen LogP contribution in [-0.4, -0.2) is 42.0 Å². The smallest absolute Gasteiger partial charge is 0.257 e. The van der Waals surface area contributed by atoms with Crippen LogP contribution in [0.5, 0.6) is 0 Å². The second kappa shape index (κ2) is 6.38. The first-order chi connectivity index (χ1) is 11.5. The van der Waals surface area contributed by atoms with Crippen molar-refractivity contribution < 1.29 is 18.0 Å². The number of H-pyrrole nitrogens is 1. The quantitative estimate of drug-likeness (QED) is 0.850. The molecular weight excluding hydrogens is 323 g/mol. The number of benzene rings is 1. The summed E-state index contributed by atoms with van der Waals surface area (Å²) >= 11 is 0. The SMILES string of the molecule is O=C(c1ccc(F)c(F)c1F)N1CCN(c2ccc(=O)[nH]c2)CC1. The third-order valence-electron chi connectivity index (χ3n) is 3.97. The number of piperazine rings is 1. The van der Waals surface area contributed by atoms with Gasteiger partial charge in [-0.1, -0.05) is 0 Å². The molecule has 1 aromatic heterocycles. The molecule has 0 radical (unpaired) electrons. The first-order valence-electron chi connectivity index (χ1n) is 7.34. The predicted octanol–water partition coefficient (Wildman–Crippen LogP) is 1.75. The number of rotatable bonds is 2. The highest BCUT2D eigenvalue weighted by Crippen LogP contribution is 2.19. The fourth-order valence-electron chi connectivity index (χ4n) is 2.63. The van der Waals surface area contributed by atoms with E-state index in [0.717, 1.165) is 17.8 Å². The molecule has 1 aliphatic rings. The fourth-order valence-corrected chi connectivity index (χ4v) is 2.63. The Hall–Kier alpha value is -2.77. The second-order valence-electron chi connectivity index (χ2n) is 5.41. The van der Waals surface area contributed by atoms with Crippen LogP contribution in [0.4, 0.5) is 18.9 Å². The Morgan fingerprint density at radius 2 is 1.67 bits per heavy atom. The normalized spacial score (nSPS) is 14.8. The zero-order chi connectivity index (χ0) is 17.3. The summed E-state index contributed by atoms with van der Waals surface area (Å²) in [5, 5.41) is 0. The van der Waals surface area contributed by atoms with Gasteiger partial charge in [0.05, 0.1) is 11.3 Å². The van der Waals surface area contributed by atoms with E-state index in [1.54, 1.807) is 12.3 Å². The minimum absolute atomic E-state index is 0.207. The molecule has 1 aliphatic heterocycles. The van der Waals surface area contributed by atoms with Crippen molar-refractivity contribution in [1.82, 2.24) is 9.88 Å². The van der Waals surface area contributed by atoms with Gasteiger partial charge in [0.2, 0.25) is 5.56 Å². The van der Waals surface area contributed by atoms with Crippen molar-refractivity contribution in [3.8, 4) is 0 Å². The molecule has 8 heteroatoms. The van der Waals surface area contributed by atoms with Gasteiger partial charge in [0.15, 0.2) is 17.5 Å². The first-order valence-corrected chi connectivity index (χ1v) is 7.34. The molecule has 0 bridgehead atoms. The lowest BCUT2D eigenvalue weighted by Crippen LogP contribution is -2.49. The van der Waals surface area contributed by atoms with Crippen LogP contribution in [0, 0.1) is 17.5 Å². The zero-order valence-corrected chi connectivity index (χ0v) is 12.6. The molecule has 0 aliphatic carbocycles. The van der Waals surface area contributed by atoms with Crippen LogP contribution in [0.1, 0.15) is 10.4 Å². The molecular formula is C16H14F3N3O2. The van der Waals surface area contributed by atoms with E-state index in [2.05, 4.69) is 4.98 Å². The van der Waals surface area contributed by atoms with Gasteiger partial charge >= 0.3 is 0 Å². The highest BCUT2D eigenvalue weighted by molar-refractivity contribution is 5.94. The Balaban J connectivity index is 1.70. The van der Waals surface area contributed by atoms with Crippen LogP contribution < -0.4 is 10.5 Å². The molecule has 5 nitrogen and oxygen atoms in total. The Labute approximate surface area is 135 Å². The van der Waals surface area contributed by atoms with Gasteiger partial charge in [-0.2, -0.15) is 0 Å². The maximum absolute atomic E-state index is 13.7. The molecule has 1 fully saturated rings. The lowest BCUT2D eigenvalue weighted by Gasteiger charge is -2.36. The van der Waals surface area contributed by atoms with Crippen LogP contribution in [0.25, 0.3) is 0 Å². The summed E-state index contributed by atoms with van der Waals surface area (Å²) in [5.74, 6) is -5.12. The summed E-state index contributed by atoms with van der Waals surface area (Å²) < 4.78 is 40.0. The van der Waals surface area contributed by atoms with Gasteiger partial charge < -0.3 is 14.8 Å². The molecule has 1 aromatic carbocycles. The van der Waals surface area contributed by atoms with E-state index in [4.69, 9.17) is 0 Å². The maximum atomic E-state index is 13.7. The zero-order valence-electron chi connectivity index (χ0n) is 12.6. The minimum atomic E-state index is -1.65.